The SMILES string of the molecule is C=CCc1c(C)c(C#N)c2nc3ccccc3n2c1N1CCN(Cc2ccc(C)cc2C)CC1. The molecule has 0 bridgehead atoms. The minimum absolute atomic E-state index is 0.658. The first-order chi connectivity index (χ1) is 16.5. The Morgan fingerprint density at radius 1 is 1.06 bits per heavy atom. The van der Waals surface area contributed by atoms with Gasteiger partial charge in [0, 0.05) is 38.3 Å². The van der Waals surface area contributed by atoms with Crippen molar-refractivity contribution in [2.45, 2.75) is 33.7 Å². The highest BCUT2D eigenvalue weighted by atomic mass is 15.3. The molecule has 0 amide bonds. The summed E-state index contributed by atoms with van der Waals surface area (Å²) in [5.74, 6) is 1.16. The zero-order valence-electron chi connectivity index (χ0n) is 20.3. The molecule has 0 unspecified atom stereocenters. The number of imidazole rings is 1. The highest BCUT2D eigenvalue weighted by Crippen LogP contribution is 2.34. The molecule has 0 radical (unpaired) electrons. The van der Waals surface area contributed by atoms with Gasteiger partial charge < -0.3 is 4.90 Å². The number of piperazine rings is 1. The first kappa shape index (κ1) is 22.2. The molecular formula is C29H31N5. The van der Waals surface area contributed by atoms with Gasteiger partial charge in [-0.05, 0) is 56.0 Å². The lowest BCUT2D eigenvalue weighted by Crippen LogP contribution is -2.47. The summed E-state index contributed by atoms with van der Waals surface area (Å²) in [6.45, 7) is 15.3. The van der Waals surface area contributed by atoms with Crippen molar-refractivity contribution < 1.29 is 0 Å². The summed E-state index contributed by atoms with van der Waals surface area (Å²) >= 11 is 0. The second-order valence-electron chi connectivity index (χ2n) is 9.36. The van der Waals surface area contributed by atoms with Gasteiger partial charge in [0.25, 0.3) is 0 Å². The van der Waals surface area contributed by atoms with E-state index in [2.05, 4.69) is 71.9 Å². The summed E-state index contributed by atoms with van der Waals surface area (Å²) in [5, 5.41) is 10.0. The molecule has 34 heavy (non-hydrogen) atoms. The van der Waals surface area contributed by atoms with E-state index in [0.29, 0.717) is 5.56 Å². The normalized spacial score (nSPS) is 14.6. The highest BCUT2D eigenvalue weighted by molar-refractivity contribution is 5.86. The largest absolute Gasteiger partial charge is 0.355 e. The summed E-state index contributed by atoms with van der Waals surface area (Å²) in [7, 11) is 0. The monoisotopic (exact) mass is 449 g/mol. The highest BCUT2D eigenvalue weighted by Gasteiger charge is 2.26. The molecule has 5 rings (SSSR count). The number of anilines is 1. The zero-order chi connectivity index (χ0) is 23.8. The quantitative estimate of drug-likeness (QED) is 0.386. The van der Waals surface area contributed by atoms with Gasteiger partial charge in [0.15, 0.2) is 5.65 Å². The van der Waals surface area contributed by atoms with Crippen molar-refractivity contribution in [2.24, 2.45) is 0 Å². The molecule has 0 N–H and O–H groups in total. The Kier molecular flexibility index (Phi) is 5.85. The molecule has 1 fully saturated rings. The van der Waals surface area contributed by atoms with Gasteiger partial charge in [0.2, 0.25) is 0 Å². The lowest BCUT2D eigenvalue weighted by atomic mass is 10.0. The summed E-state index contributed by atoms with van der Waals surface area (Å²) in [6.07, 6.45) is 2.66. The number of aryl methyl sites for hydroxylation is 2. The van der Waals surface area contributed by atoms with Crippen LogP contribution in [-0.4, -0.2) is 40.5 Å². The van der Waals surface area contributed by atoms with Crippen LogP contribution >= 0.6 is 0 Å². The summed E-state index contributed by atoms with van der Waals surface area (Å²) in [4.78, 5) is 9.89. The van der Waals surface area contributed by atoms with E-state index in [1.54, 1.807) is 0 Å². The van der Waals surface area contributed by atoms with E-state index in [1.807, 2.05) is 24.3 Å². The van der Waals surface area contributed by atoms with Crippen molar-refractivity contribution >= 4 is 22.5 Å². The van der Waals surface area contributed by atoms with Crippen LogP contribution in [0, 0.1) is 32.1 Å². The maximum atomic E-state index is 10.0. The minimum Gasteiger partial charge on any atom is -0.355 e. The zero-order valence-corrected chi connectivity index (χ0v) is 20.3. The number of hydrogen-bond donors (Lipinski definition) is 0. The standard InChI is InChI=1S/C29H31N5/c1-5-8-24-22(4)25(18-30)28-31-26-9-6-7-10-27(26)34(28)29(24)33-15-13-32(14-16-33)19-23-12-11-20(2)17-21(23)3/h5-7,9-12,17H,1,8,13-16,19H2,2-4H3. The number of hydrogen-bond acceptors (Lipinski definition) is 4. The third kappa shape index (κ3) is 3.74. The van der Waals surface area contributed by atoms with Crippen LogP contribution in [0.5, 0.6) is 0 Å². The number of para-hydroxylation sites is 2. The number of nitriles is 1. The third-order valence-corrected chi connectivity index (χ3v) is 7.12. The van der Waals surface area contributed by atoms with E-state index in [0.717, 1.165) is 67.2 Å². The van der Waals surface area contributed by atoms with E-state index >= 15 is 0 Å². The molecule has 0 aliphatic carbocycles. The molecule has 4 aromatic rings. The summed E-state index contributed by atoms with van der Waals surface area (Å²) < 4.78 is 2.21. The number of allylic oxidation sites excluding steroid dienone is 1. The van der Waals surface area contributed by atoms with Gasteiger partial charge >= 0.3 is 0 Å². The Hall–Kier alpha value is -3.62. The van der Waals surface area contributed by atoms with Gasteiger partial charge in [-0.15, -0.1) is 6.58 Å². The van der Waals surface area contributed by atoms with Gasteiger partial charge in [-0.2, -0.15) is 5.26 Å². The molecule has 5 heteroatoms. The topological polar surface area (TPSA) is 47.6 Å². The molecule has 5 nitrogen and oxygen atoms in total. The molecule has 0 atom stereocenters. The first-order valence-corrected chi connectivity index (χ1v) is 12.0. The number of aromatic nitrogens is 2. The Morgan fingerprint density at radius 2 is 1.82 bits per heavy atom. The van der Waals surface area contributed by atoms with Gasteiger partial charge in [-0.25, -0.2) is 4.98 Å². The van der Waals surface area contributed by atoms with E-state index in [4.69, 9.17) is 4.98 Å². The van der Waals surface area contributed by atoms with Crippen LogP contribution in [0.25, 0.3) is 16.7 Å². The molecule has 1 aliphatic heterocycles. The van der Waals surface area contributed by atoms with E-state index < -0.39 is 0 Å². The summed E-state index contributed by atoms with van der Waals surface area (Å²) in [5.41, 5.74) is 9.65. The fourth-order valence-corrected chi connectivity index (χ4v) is 5.27. The Balaban J connectivity index is 1.54. The van der Waals surface area contributed by atoms with Crippen molar-refractivity contribution in [3.63, 3.8) is 0 Å². The second kappa shape index (κ2) is 8.96. The molecule has 0 saturated carbocycles. The molecule has 172 valence electrons. The molecule has 0 spiro atoms. The van der Waals surface area contributed by atoms with Crippen molar-refractivity contribution in [1.29, 1.82) is 5.26 Å². The molecule has 3 heterocycles. The molecule has 2 aromatic carbocycles. The summed E-state index contributed by atoms with van der Waals surface area (Å²) in [6, 6.07) is 17.3. The number of pyridine rings is 1. The van der Waals surface area contributed by atoms with Crippen LogP contribution in [0.15, 0.2) is 55.1 Å². The van der Waals surface area contributed by atoms with Crippen LogP contribution in [-0.2, 0) is 13.0 Å². The fraction of sp³-hybridized carbons (Fsp3) is 0.310. The van der Waals surface area contributed by atoms with Gasteiger partial charge in [-0.1, -0.05) is 42.0 Å². The number of nitrogens with zero attached hydrogens (tertiary/aromatic N) is 5. The average molecular weight is 450 g/mol. The van der Waals surface area contributed by atoms with Crippen LogP contribution in [0.4, 0.5) is 5.82 Å². The van der Waals surface area contributed by atoms with E-state index in [9.17, 15) is 5.26 Å². The van der Waals surface area contributed by atoms with Crippen molar-refractivity contribution in [3.8, 4) is 6.07 Å². The maximum Gasteiger partial charge on any atom is 0.157 e. The van der Waals surface area contributed by atoms with Crippen molar-refractivity contribution in [2.75, 3.05) is 31.1 Å². The Morgan fingerprint density at radius 3 is 2.53 bits per heavy atom. The number of rotatable bonds is 5. The Labute approximate surface area is 201 Å². The maximum absolute atomic E-state index is 10.0. The number of fused-ring (bicyclic) bond motifs is 3. The fourth-order valence-electron chi connectivity index (χ4n) is 5.27. The lowest BCUT2D eigenvalue weighted by molar-refractivity contribution is 0.248. The Bertz CT molecular complexity index is 1430. The van der Waals surface area contributed by atoms with Crippen molar-refractivity contribution in [3.05, 3.63) is 88.5 Å². The van der Waals surface area contributed by atoms with Crippen LogP contribution in [0.2, 0.25) is 0 Å². The van der Waals surface area contributed by atoms with Gasteiger partial charge in [0.05, 0.1) is 16.6 Å². The van der Waals surface area contributed by atoms with Gasteiger partial charge in [0.1, 0.15) is 11.9 Å². The molecule has 1 aliphatic rings. The second-order valence-corrected chi connectivity index (χ2v) is 9.36. The predicted octanol–water partition coefficient (Wildman–Crippen LogP) is 5.34. The van der Waals surface area contributed by atoms with Crippen LogP contribution < -0.4 is 4.90 Å². The van der Waals surface area contributed by atoms with E-state index in [-0.39, 0.29) is 0 Å². The van der Waals surface area contributed by atoms with Crippen LogP contribution in [0.1, 0.15) is 33.4 Å². The van der Waals surface area contributed by atoms with E-state index in [1.165, 1.54) is 22.3 Å². The lowest BCUT2D eigenvalue weighted by Gasteiger charge is -2.38. The number of benzene rings is 2. The van der Waals surface area contributed by atoms with Crippen molar-refractivity contribution in [1.82, 2.24) is 14.3 Å². The van der Waals surface area contributed by atoms with Crippen LogP contribution in [0.3, 0.4) is 0 Å². The van der Waals surface area contributed by atoms with Gasteiger partial charge in [-0.3, -0.25) is 9.30 Å². The third-order valence-electron chi connectivity index (χ3n) is 7.12. The predicted molar refractivity (Wildman–Crippen MR) is 139 cm³/mol. The molecular weight excluding hydrogens is 418 g/mol. The molecule has 1 saturated heterocycles. The minimum atomic E-state index is 0.658. The molecule has 2 aromatic heterocycles. The average Bonchev–Trinajstić information content (AvgIpc) is 3.21. The first-order valence-electron chi connectivity index (χ1n) is 12.0. The smallest absolute Gasteiger partial charge is 0.157 e.